The summed E-state index contributed by atoms with van der Waals surface area (Å²) in [5.74, 6) is -3.50. The van der Waals surface area contributed by atoms with Crippen LogP contribution in [0.25, 0.3) is 0 Å². The molecule has 2 aromatic carbocycles. The zero-order chi connectivity index (χ0) is 27.8. The molecule has 2 N–H and O–H groups in total. The third-order valence-electron chi connectivity index (χ3n) is 6.07. The lowest BCUT2D eigenvalue weighted by atomic mass is 9.74. The number of carbonyl (C=O) groups is 3. The van der Waals surface area contributed by atoms with Crippen LogP contribution in [0.2, 0.25) is 0 Å². The van der Waals surface area contributed by atoms with Crippen LogP contribution in [0, 0.1) is 17.6 Å². The van der Waals surface area contributed by atoms with Crippen molar-refractivity contribution < 1.29 is 32.6 Å². The maximum Gasteiger partial charge on any atom is 0.408 e. The van der Waals surface area contributed by atoms with Gasteiger partial charge in [-0.1, -0.05) is 38.1 Å². The highest BCUT2D eigenvalue weighted by molar-refractivity contribution is 7.10. The number of fused-ring (bicyclic) bond motifs is 1. The van der Waals surface area contributed by atoms with Gasteiger partial charge in [-0.2, -0.15) is 0 Å². The molecule has 2 atom stereocenters. The van der Waals surface area contributed by atoms with Crippen molar-refractivity contribution >= 4 is 35.0 Å². The Morgan fingerprint density at radius 1 is 1.05 bits per heavy atom. The highest BCUT2D eigenvalue weighted by Gasteiger charge is 2.51. The number of alkyl carbamates (subject to hydrolysis) is 1. The van der Waals surface area contributed by atoms with Gasteiger partial charge in [-0.3, -0.25) is 4.79 Å². The number of thiophene rings is 1. The van der Waals surface area contributed by atoms with E-state index in [9.17, 15) is 23.2 Å². The van der Waals surface area contributed by atoms with Gasteiger partial charge in [-0.15, -0.1) is 11.3 Å². The van der Waals surface area contributed by atoms with E-state index < -0.39 is 46.7 Å². The predicted molar refractivity (Wildman–Crippen MR) is 139 cm³/mol. The summed E-state index contributed by atoms with van der Waals surface area (Å²) in [6.07, 6.45) is -0.740. The summed E-state index contributed by atoms with van der Waals surface area (Å²) in [6.45, 7) is 8.67. The molecule has 0 aliphatic carbocycles. The fourth-order valence-corrected chi connectivity index (χ4v) is 5.32. The number of esters is 1. The third-order valence-corrected chi connectivity index (χ3v) is 7.06. The highest BCUT2D eigenvalue weighted by atomic mass is 32.1. The Labute approximate surface area is 223 Å². The average Bonchev–Trinajstić information content (AvgIpc) is 3.46. The van der Waals surface area contributed by atoms with Gasteiger partial charge in [0.15, 0.2) is 11.6 Å². The second kappa shape index (κ2) is 10.2. The minimum atomic E-state index is -1.42. The summed E-state index contributed by atoms with van der Waals surface area (Å²) in [5, 5.41) is 6.85. The van der Waals surface area contributed by atoms with E-state index in [1.807, 2.05) is 0 Å². The number of benzene rings is 2. The number of carbonyl (C=O) groups excluding carboxylic acids is 3. The average molecular weight is 543 g/mol. The maximum atomic E-state index is 14.6. The van der Waals surface area contributed by atoms with Crippen LogP contribution >= 0.6 is 11.3 Å². The van der Waals surface area contributed by atoms with Gasteiger partial charge in [-0.25, -0.2) is 18.4 Å². The number of ether oxygens (including phenoxy) is 2. The molecular formula is C28H28F2N2O5S. The molecule has 3 aromatic rings. The van der Waals surface area contributed by atoms with Crippen LogP contribution in [0.3, 0.4) is 0 Å². The van der Waals surface area contributed by atoms with Gasteiger partial charge >= 0.3 is 12.1 Å². The van der Waals surface area contributed by atoms with Crippen molar-refractivity contribution in [2.45, 2.75) is 51.7 Å². The number of halogens is 2. The highest BCUT2D eigenvalue weighted by Crippen LogP contribution is 2.50. The normalized spacial score (nSPS) is 17.5. The molecule has 200 valence electrons. The standard InChI is InChI=1S/C28H28F2N2O5S/c1-15(2)22(32-26(35)37-27(3,4)5)24(33)36-17-10-8-16(9-11-17)28(20-7-6-14-38-20)18-12-13-19(29)21(30)23(18)31-25(28)34/h6-15,22H,1-5H3,(H,31,34)(H,32,35)/t22-,28?/m0/s1. The van der Waals surface area contributed by atoms with Gasteiger partial charge in [0.1, 0.15) is 22.8 Å². The number of hydrogen-bond donors (Lipinski definition) is 2. The molecule has 4 rings (SSSR count). The molecule has 0 spiro atoms. The molecule has 0 saturated carbocycles. The molecule has 7 nitrogen and oxygen atoms in total. The van der Waals surface area contributed by atoms with Gasteiger partial charge in [0.2, 0.25) is 5.91 Å². The Morgan fingerprint density at radius 3 is 2.32 bits per heavy atom. The molecule has 0 radical (unpaired) electrons. The first-order valence-corrected chi connectivity index (χ1v) is 12.9. The molecule has 1 aromatic heterocycles. The molecule has 1 aliphatic rings. The van der Waals surface area contributed by atoms with Crippen LogP contribution in [0.15, 0.2) is 53.9 Å². The topological polar surface area (TPSA) is 93.7 Å². The molecule has 2 amide bonds. The number of anilines is 1. The summed E-state index contributed by atoms with van der Waals surface area (Å²) >= 11 is 1.31. The minimum Gasteiger partial charge on any atom is -0.444 e. The monoisotopic (exact) mass is 542 g/mol. The smallest absolute Gasteiger partial charge is 0.408 e. The Kier molecular flexibility index (Phi) is 7.29. The first-order valence-electron chi connectivity index (χ1n) is 12.0. The lowest BCUT2D eigenvalue weighted by molar-refractivity contribution is -0.138. The van der Waals surface area contributed by atoms with E-state index in [1.165, 1.54) is 29.5 Å². The van der Waals surface area contributed by atoms with E-state index in [4.69, 9.17) is 9.47 Å². The zero-order valence-corrected chi connectivity index (χ0v) is 22.4. The minimum absolute atomic E-state index is 0.181. The molecule has 38 heavy (non-hydrogen) atoms. The quantitative estimate of drug-likeness (QED) is 0.305. The van der Waals surface area contributed by atoms with Crippen LogP contribution in [-0.2, 0) is 19.7 Å². The van der Waals surface area contributed by atoms with Gasteiger partial charge in [-0.05, 0) is 61.9 Å². The summed E-state index contributed by atoms with van der Waals surface area (Å²) in [4.78, 5) is 39.1. The van der Waals surface area contributed by atoms with Gasteiger partial charge in [0, 0.05) is 10.4 Å². The Hall–Kier alpha value is -3.79. The Balaban J connectivity index is 1.64. The maximum absolute atomic E-state index is 14.6. The van der Waals surface area contributed by atoms with Gasteiger partial charge in [0.25, 0.3) is 0 Å². The lowest BCUT2D eigenvalue weighted by Gasteiger charge is -2.27. The van der Waals surface area contributed by atoms with Crippen molar-refractivity contribution in [3.63, 3.8) is 0 Å². The molecule has 2 heterocycles. The van der Waals surface area contributed by atoms with Gasteiger partial charge in [0.05, 0.1) is 5.69 Å². The number of rotatable bonds is 6. The molecule has 1 unspecified atom stereocenters. The van der Waals surface area contributed by atoms with E-state index in [0.717, 1.165) is 6.07 Å². The molecule has 0 saturated heterocycles. The van der Waals surface area contributed by atoms with Crippen LogP contribution < -0.4 is 15.4 Å². The first kappa shape index (κ1) is 27.3. The van der Waals surface area contributed by atoms with E-state index >= 15 is 0 Å². The summed E-state index contributed by atoms with van der Waals surface area (Å²) in [5.41, 5.74) is -1.58. The third kappa shape index (κ3) is 5.00. The van der Waals surface area contributed by atoms with Crippen LogP contribution in [0.4, 0.5) is 19.3 Å². The summed E-state index contributed by atoms with van der Waals surface area (Å²) < 4.78 is 39.3. The number of hydrogen-bond acceptors (Lipinski definition) is 6. The van der Waals surface area contributed by atoms with E-state index in [2.05, 4.69) is 10.6 Å². The van der Waals surface area contributed by atoms with Crippen molar-refractivity contribution in [1.29, 1.82) is 0 Å². The largest absolute Gasteiger partial charge is 0.444 e. The van der Waals surface area contributed by atoms with Crippen LogP contribution in [0.5, 0.6) is 5.75 Å². The molecule has 10 heteroatoms. The van der Waals surface area contributed by atoms with E-state index in [-0.39, 0.29) is 22.9 Å². The molecule has 0 bridgehead atoms. The zero-order valence-electron chi connectivity index (χ0n) is 21.6. The van der Waals surface area contributed by atoms with Crippen LogP contribution in [0.1, 0.15) is 50.6 Å². The second-order valence-corrected chi connectivity index (χ2v) is 11.2. The molecule has 1 aliphatic heterocycles. The molecular weight excluding hydrogens is 514 g/mol. The van der Waals surface area contributed by atoms with Crippen molar-refractivity contribution in [3.8, 4) is 5.75 Å². The number of amides is 2. The Morgan fingerprint density at radius 2 is 1.74 bits per heavy atom. The lowest BCUT2D eigenvalue weighted by Crippen LogP contribution is -2.48. The van der Waals surface area contributed by atoms with Crippen molar-refractivity contribution in [2.75, 3.05) is 5.32 Å². The van der Waals surface area contributed by atoms with Gasteiger partial charge < -0.3 is 20.1 Å². The van der Waals surface area contributed by atoms with E-state index in [1.54, 1.807) is 64.3 Å². The second-order valence-electron chi connectivity index (χ2n) is 10.3. The predicted octanol–water partition coefficient (Wildman–Crippen LogP) is 5.77. The van der Waals surface area contributed by atoms with Crippen molar-refractivity contribution in [3.05, 3.63) is 81.5 Å². The van der Waals surface area contributed by atoms with Crippen LogP contribution in [-0.4, -0.2) is 29.6 Å². The summed E-state index contributed by atoms with van der Waals surface area (Å²) in [6, 6.07) is 11.2. The first-order chi connectivity index (χ1) is 17.8. The SMILES string of the molecule is CC(C)[C@H](NC(=O)OC(C)(C)C)C(=O)Oc1ccc(C2(c3cccs3)C(=O)Nc3c2ccc(F)c3F)cc1. The fourth-order valence-electron chi connectivity index (χ4n) is 4.37. The fraction of sp³-hybridized carbons (Fsp3) is 0.321. The number of nitrogens with one attached hydrogen (secondary N) is 2. The van der Waals surface area contributed by atoms with Crippen molar-refractivity contribution in [2.24, 2.45) is 5.92 Å². The Bertz CT molecular complexity index is 1370. The molecule has 0 fully saturated rings. The van der Waals surface area contributed by atoms with E-state index in [0.29, 0.717) is 10.4 Å². The summed E-state index contributed by atoms with van der Waals surface area (Å²) in [7, 11) is 0. The van der Waals surface area contributed by atoms with Crippen molar-refractivity contribution in [1.82, 2.24) is 5.32 Å².